The second kappa shape index (κ2) is 13.1. The van der Waals surface area contributed by atoms with Crippen LogP contribution in [0.2, 0.25) is 0 Å². The fourth-order valence-electron chi connectivity index (χ4n) is 7.86. The van der Waals surface area contributed by atoms with E-state index < -0.39 is 11.5 Å². The molecule has 4 aliphatic rings. The second-order valence-corrected chi connectivity index (χ2v) is 15.2. The van der Waals surface area contributed by atoms with Crippen molar-refractivity contribution in [3.63, 3.8) is 0 Å². The van der Waals surface area contributed by atoms with Gasteiger partial charge in [0.25, 0.3) is 0 Å². The van der Waals surface area contributed by atoms with Crippen molar-refractivity contribution < 1.29 is 19.2 Å². The number of aromatic nitrogens is 5. The van der Waals surface area contributed by atoms with E-state index in [9.17, 15) is 19.2 Å². The maximum atomic E-state index is 14.5. The average molecular weight is 752 g/mol. The van der Waals surface area contributed by atoms with Gasteiger partial charge in [-0.1, -0.05) is 18.2 Å². The standard InChI is InChI=1S/C38H39BrN8O4/c1-21(48)34-28-14-25(26-17-40-22(2)41-18-26)13-24-7-5-3-4-6-8-32(49)42-20-38-15-29(47(30(38)16-38)33(50)19-46(45-34)35(24)28)37(51)44-36-27(23-9-10-23)11-12-31(39)43-36/h3,5,11-14,17-18,23,29-30H,4,6-10,15-16,19-20H2,1-2H3,(H,42,49)(H,43,44,51)/b5-3+/t29-,30+,38-/m0/s1. The maximum Gasteiger partial charge on any atom is 0.248 e. The zero-order valence-corrected chi connectivity index (χ0v) is 30.2. The number of halogens is 1. The lowest BCUT2D eigenvalue weighted by molar-refractivity contribution is -0.138. The number of hydrogen-bond donors (Lipinski definition) is 2. The van der Waals surface area contributed by atoms with Crippen LogP contribution in [0.15, 0.2) is 53.4 Å². The van der Waals surface area contributed by atoms with E-state index in [1.165, 1.54) is 6.92 Å². The van der Waals surface area contributed by atoms with Crippen molar-refractivity contribution >= 4 is 56.2 Å². The SMILES string of the molecule is CC(=O)c1nn2c3c(cc(-c4cnc(C)nc4)cc13)C/C=C/CCCC(=O)NC[C@@]13C[C@@H](C(=O)Nc4nc(Br)ccc4C4CC4)N(C(=O)C2)[C@@H]1C3. The summed E-state index contributed by atoms with van der Waals surface area (Å²) in [6.45, 7) is 3.55. The van der Waals surface area contributed by atoms with Crippen LogP contribution in [0.5, 0.6) is 0 Å². The normalized spacial score (nSPS) is 24.1. The topological polar surface area (TPSA) is 152 Å². The summed E-state index contributed by atoms with van der Waals surface area (Å²) in [6, 6.07) is 6.86. The Labute approximate surface area is 303 Å². The Morgan fingerprint density at radius 2 is 1.86 bits per heavy atom. The van der Waals surface area contributed by atoms with Crippen molar-refractivity contribution in [1.29, 1.82) is 0 Å². The van der Waals surface area contributed by atoms with Gasteiger partial charge >= 0.3 is 0 Å². The minimum Gasteiger partial charge on any atom is -0.355 e. The number of piperidine rings is 1. The van der Waals surface area contributed by atoms with Crippen molar-refractivity contribution in [1.82, 2.24) is 34.9 Å². The Morgan fingerprint density at radius 3 is 2.63 bits per heavy atom. The van der Waals surface area contributed by atoms with Crippen LogP contribution in [-0.4, -0.2) is 71.8 Å². The smallest absolute Gasteiger partial charge is 0.248 e. The van der Waals surface area contributed by atoms with E-state index in [-0.39, 0.29) is 41.8 Å². The fraction of sp³-hybridized carbons (Fsp3) is 0.421. The molecule has 8 rings (SSSR count). The van der Waals surface area contributed by atoms with Gasteiger partial charge in [0.15, 0.2) is 5.78 Å². The Kier molecular flexibility index (Phi) is 8.56. The van der Waals surface area contributed by atoms with E-state index >= 15 is 0 Å². The van der Waals surface area contributed by atoms with Crippen molar-refractivity contribution in [3.05, 3.63) is 76.1 Å². The van der Waals surface area contributed by atoms with Crippen LogP contribution < -0.4 is 10.6 Å². The molecule has 262 valence electrons. The molecule has 0 unspecified atom stereocenters. The summed E-state index contributed by atoms with van der Waals surface area (Å²) in [5, 5.41) is 11.6. The zero-order chi connectivity index (χ0) is 35.4. The van der Waals surface area contributed by atoms with Gasteiger partial charge in [0.2, 0.25) is 17.7 Å². The number of anilines is 1. The molecule has 5 heterocycles. The predicted octanol–water partition coefficient (Wildman–Crippen LogP) is 5.44. The summed E-state index contributed by atoms with van der Waals surface area (Å²) in [6.07, 6.45) is 13.2. The molecule has 3 atom stereocenters. The second-order valence-electron chi connectivity index (χ2n) is 14.4. The average Bonchev–Trinajstić information content (AvgIpc) is 4.01. The van der Waals surface area contributed by atoms with Gasteiger partial charge in [0.05, 0.1) is 5.52 Å². The largest absolute Gasteiger partial charge is 0.355 e. The lowest BCUT2D eigenvalue weighted by atomic mass is 9.98. The highest BCUT2D eigenvalue weighted by atomic mass is 79.9. The van der Waals surface area contributed by atoms with Crippen molar-refractivity contribution in [3.8, 4) is 11.1 Å². The van der Waals surface area contributed by atoms with Gasteiger partial charge in [-0.05, 0) is 109 Å². The number of ketones is 1. The van der Waals surface area contributed by atoms with Gasteiger partial charge in [-0.25, -0.2) is 15.0 Å². The third-order valence-corrected chi connectivity index (χ3v) is 11.2. The van der Waals surface area contributed by atoms with Crippen LogP contribution in [0.25, 0.3) is 22.0 Å². The molecule has 2 N–H and O–H groups in total. The number of Topliss-reactive ketones (excluding diaryl/α,β-unsaturated/α-hetero) is 1. The highest BCUT2D eigenvalue weighted by Gasteiger charge is 2.67. The summed E-state index contributed by atoms with van der Waals surface area (Å²) in [5.74, 6) is 0.716. The monoisotopic (exact) mass is 750 g/mol. The van der Waals surface area contributed by atoms with Crippen LogP contribution in [0, 0.1) is 12.3 Å². The zero-order valence-electron chi connectivity index (χ0n) is 28.6. The summed E-state index contributed by atoms with van der Waals surface area (Å²) in [5.41, 5.74) is 4.11. The first-order valence-corrected chi connectivity index (χ1v) is 18.4. The molecule has 12 nitrogen and oxygen atoms in total. The molecule has 1 aromatic carbocycles. The number of amides is 3. The van der Waals surface area contributed by atoms with Gasteiger partial charge in [0, 0.05) is 54.7 Å². The molecular weight excluding hydrogens is 712 g/mol. The molecule has 0 radical (unpaired) electrons. The molecule has 3 aromatic heterocycles. The van der Waals surface area contributed by atoms with Gasteiger partial charge < -0.3 is 15.5 Å². The highest BCUT2D eigenvalue weighted by Crippen LogP contribution is 2.59. The summed E-state index contributed by atoms with van der Waals surface area (Å²) >= 11 is 3.45. The molecule has 0 spiro atoms. The third kappa shape index (κ3) is 6.47. The first-order valence-electron chi connectivity index (χ1n) is 17.6. The molecule has 4 aromatic rings. The van der Waals surface area contributed by atoms with E-state index in [0.29, 0.717) is 71.7 Å². The fourth-order valence-corrected chi connectivity index (χ4v) is 8.17. The number of rotatable bonds is 5. The predicted molar refractivity (Wildman–Crippen MR) is 194 cm³/mol. The first-order chi connectivity index (χ1) is 24.6. The maximum absolute atomic E-state index is 14.5. The van der Waals surface area contributed by atoms with Crippen LogP contribution in [-0.2, 0) is 27.3 Å². The Morgan fingerprint density at radius 1 is 1.06 bits per heavy atom. The number of benzene rings is 1. The number of carbonyl (C=O) groups excluding carboxylic acids is 4. The number of hydrogen-bond acceptors (Lipinski definition) is 8. The first kappa shape index (κ1) is 33.4. The van der Waals surface area contributed by atoms with Crippen molar-refractivity contribution in [2.45, 2.75) is 89.8 Å². The van der Waals surface area contributed by atoms with Gasteiger partial charge in [-0.15, -0.1) is 0 Å². The van der Waals surface area contributed by atoms with E-state index in [0.717, 1.165) is 41.5 Å². The molecule has 1 saturated heterocycles. The molecule has 2 aliphatic heterocycles. The molecule has 2 saturated carbocycles. The van der Waals surface area contributed by atoms with Gasteiger partial charge in [-0.3, -0.25) is 23.9 Å². The summed E-state index contributed by atoms with van der Waals surface area (Å²) < 4.78 is 2.25. The lowest BCUT2D eigenvalue weighted by Gasteiger charge is -2.27. The minimum atomic E-state index is -0.760. The van der Waals surface area contributed by atoms with Crippen LogP contribution in [0.3, 0.4) is 0 Å². The van der Waals surface area contributed by atoms with Gasteiger partial charge in [0.1, 0.15) is 34.5 Å². The molecule has 2 bridgehead atoms. The Balaban J connectivity index is 1.19. The molecular formula is C38H39BrN8O4. The Hall–Kier alpha value is -4.78. The molecule has 2 aliphatic carbocycles. The Bertz CT molecular complexity index is 2120. The highest BCUT2D eigenvalue weighted by molar-refractivity contribution is 9.10. The number of nitrogens with zero attached hydrogens (tertiary/aromatic N) is 6. The number of aryl methyl sites for hydroxylation is 1. The van der Waals surface area contributed by atoms with Crippen molar-refractivity contribution in [2.75, 3.05) is 11.9 Å². The third-order valence-electron chi connectivity index (χ3n) is 10.7. The van der Waals surface area contributed by atoms with Crippen molar-refractivity contribution in [2.24, 2.45) is 5.41 Å². The van der Waals surface area contributed by atoms with Crippen LogP contribution in [0.4, 0.5) is 5.82 Å². The summed E-state index contributed by atoms with van der Waals surface area (Å²) in [7, 11) is 0. The summed E-state index contributed by atoms with van der Waals surface area (Å²) in [4.78, 5) is 69.7. The quantitative estimate of drug-likeness (QED) is 0.156. The number of allylic oxidation sites excluding steroid dienone is 2. The van der Waals surface area contributed by atoms with Crippen LogP contribution in [0.1, 0.15) is 85.2 Å². The molecule has 3 fully saturated rings. The minimum absolute atomic E-state index is 0.0300. The number of nitrogens with one attached hydrogen (secondary N) is 2. The number of carbonyl (C=O) groups is 4. The molecule has 3 amide bonds. The van der Waals surface area contributed by atoms with E-state index in [1.807, 2.05) is 31.2 Å². The van der Waals surface area contributed by atoms with Gasteiger partial charge in [-0.2, -0.15) is 5.10 Å². The molecule has 13 heteroatoms. The van der Waals surface area contributed by atoms with E-state index in [1.54, 1.807) is 22.0 Å². The number of pyridine rings is 1. The molecule has 51 heavy (non-hydrogen) atoms. The van der Waals surface area contributed by atoms with E-state index in [2.05, 4.69) is 53.7 Å². The van der Waals surface area contributed by atoms with Crippen LogP contribution >= 0.6 is 15.9 Å². The lowest BCUT2D eigenvalue weighted by Crippen LogP contribution is -2.47. The van der Waals surface area contributed by atoms with E-state index in [4.69, 9.17) is 5.10 Å².